The van der Waals surface area contributed by atoms with Crippen molar-refractivity contribution in [3.05, 3.63) is 35.9 Å². The summed E-state index contributed by atoms with van der Waals surface area (Å²) < 4.78 is 0. The Kier molecular flexibility index (Phi) is 3.13. The number of phenolic OH excluding ortho intramolecular Hbond substituents is 1. The molecule has 1 N–H and O–H groups in total. The fourth-order valence-corrected chi connectivity index (χ4v) is 1.32. The largest absolute Gasteiger partial charge is 0.508 e. The molecule has 0 saturated heterocycles. The van der Waals surface area contributed by atoms with E-state index >= 15 is 0 Å². The minimum atomic E-state index is 0.320. The normalized spacial score (nSPS) is 12.2. The Balaban J connectivity index is 2.89. The van der Waals surface area contributed by atoms with E-state index in [9.17, 15) is 0 Å². The molecular formula is C12H16O. The molecule has 1 rings (SSSR count). The van der Waals surface area contributed by atoms with E-state index in [-0.39, 0.29) is 0 Å². The van der Waals surface area contributed by atoms with Crippen LogP contribution in [0.1, 0.15) is 26.3 Å². The van der Waals surface area contributed by atoms with Crippen LogP contribution in [0.4, 0.5) is 0 Å². The predicted molar refractivity (Wildman–Crippen MR) is 56.6 cm³/mol. The van der Waals surface area contributed by atoms with Crippen molar-refractivity contribution >= 4 is 5.57 Å². The van der Waals surface area contributed by atoms with Crippen molar-refractivity contribution in [1.82, 2.24) is 0 Å². The van der Waals surface area contributed by atoms with Gasteiger partial charge in [0, 0.05) is 0 Å². The second-order valence-corrected chi connectivity index (χ2v) is 3.64. The van der Waals surface area contributed by atoms with Gasteiger partial charge in [-0.2, -0.15) is 0 Å². The van der Waals surface area contributed by atoms with E-state index in [1.807, 2.05) is 12.1 Å². The van der Waals surface area contributed by atoms with Gasteiger partial charge in [0.2, 0.25) is 0 Å². The topological polar surface area (TPSA) is 20.2 Å². The number of hydrogen-bond donors (Lipinski definition) is 1. The van der Waals surface area contributed by atoms with Gasteiger partial charge in [-0.15, -0.1) is 0 Å². The van der Waals surface area contributed by atoms with Gasteiger partial charge in [-0.3, -0.25) is 0 Å². The fourth-order valence-electron chi connectivity index (χ4n) is 1.32. The van der Waals surface area contributed by atoms with Crippen molar-refractivity contribution < 1.29 is 5.11 Å². The average molecular weight is 176 g/mol. The summed E-state index contributed by atoms with van der Waals surface area (Å²) in [4.78, 5) is 0. The van der Waals surface area contributed by atoms with Crippen molar-refractivity contribution in [1.29, 1.82) is 0 Å². The molecule has 0 amide bonds. The van der Waals surface area contributed by atoms with Crippen molar-refractivity contribution in [2.45, 2.75) is 20.8 Å². The van der Waals surface area contributed by atoms with Gasteiger partial charge in [-0.25, -0.2) is 0 Å². The zero-order valence-electron chi connectivity index (χ0n) is 8.41. The molecule has 0 aliphatic rings. The third kappa shape index (κ3) is 2.94. The van der Waals surface area contributed by atoms with Crippen molar-refractivity contribution in [2.75, 3.05) is 0 Å². The molecule has 1 nitrogen and oxygen atoms in total. The fraction of sp³-hybridized carbons (Fsp3) is 0.333. The highest BCUT2D eigenvalue weighted by Gasteiger charge is 1.96. The van der Waals surface area contributed by atoms with Gasteiger partial charge in [-0.1, -0.05) is 32.1 Å². The van der Waals surface area contributed by atoms with E-state index in [2.05, 4.69) is 26.8 Å². The van der Waals surface area contributed by atoms with Crippen LogP contribution in [0.3, 0.4) is 0 Å². The number of allylic oxidation sites excluding steroid dienone is 2. The van der Waals surface area contributed by atoms with E-state index in [1.54, 1.807) is 12.1 Å². The maximum absolute atomic E-state index is 9.10. The first-order valence-electron chi connectivity index (χ1n) is 4.57. The highest BCUT2D eigenvalue weighted by Crippen LogP contribution is 2.18. The van der Waals surface area contributed by atoms with Crippen LogP contribution < -0.4 is 0 Å². The minimum absolute atomic E-state index is 0.320. The second kappa shape index (κ2) is 4.13. The van der Waals surface area contributed by atoms with E-state index in [4.69, 9.17) is 5.11 Å². The lowest BCUT2D eigenvalue weighted by Crippen LogP contribution is -1.83. The van der Waals surface area contributed by atoms with Gasteiger partial charge < -0.3 is 5.11 Å². The molecule has 1 aromatic carbocycles. The van der Waals surface area contributed by atoms with Gasteiger partial charge in [0.25, 0.3) is 0 Å². The summed E-state index contributed by atoms with van der Waals surface area (Å²) >= 11 is 0. The van der Waals surface area contributed by atoms with Crippen LogP contribution in [0.15, 0.2) is 30.3 Å². The standard InChI is InChI=1S/C12H16O/c1-9(2)8-10(3)11-4-6-12(13)7-5-11/h4-9,13H,1-3H3/b10-8+. The molecule has 0 aromatic heterocycles. The van der Waals surface area contributed by atoms with E-state index in [0.717, 1.165) is 0 Å². The maximum Gasteiger partial charge on any atom is 0.115 e. The molecule has 0 heterocycles. The van der Waals surface area contributed by atoms with Crippen LogP contribution in [0.25, 0.3) is 5.57 Å². The van der Waals surface area contributed by atoms with E-state index in [1.165, 1.54) is 11.1 Å². The van der Waals surface area contributed by atoms with Crippen molar-refractivity contribution in [2.24, 2.45) is 5.92 Å². The second-order valence-electron chi connectivity index (χ2n) is 3.64. The Morgan fingerprint density at radius 3 is 2.23 bits per heavy atom. The summed E-state index contributed by atoms with van der Waals surface area (Å²) in [6.45, 7) is 6.40. The Hall–Kier alpha value is -1.24. The molecule has 0 bridgehead atoms. The van der Waals surface area contributed by atoms with Gasteiger partial charge >= 0.3 is 0 Å². The summed E-state index contributed by atoms with van der Waals surface area (Å²) in [7, 11) is 0. The number of phenols is 1. The minimum Gasteiger partial charge on any atom is -0.508 e. The molecule has 0 atom stereocenters. The highest BCUT2D eigenvalue weighted by atomic mass is 16.3. The van der Waals surface area contributed by atoms with Crippen molar-refractivity contribution in [3.63, 3.8) is 0 Å². The highest BCUT2D eigenvalue weighted by molar-refractivity contribution is 5.64. The molecule has 0 aliphatic heterocycles. The summed E-state index contributed by atoms with van der Waals surface area (Å²) in [6, 6.07) is 7.30. The van der Waals surface area contributed by atoms with Crippen LogP contribution >= 0.6 is 0 Å². The lowest BCUT2D eigenvalue weighted by Gasteiger charge is -2.03. The zero-order valence-corrected chi connectivity index (χ0v) is 8.41. The Morgan fingerprint density at radius 1 is 1.23 bits per heavy atom. The van der Waals surface area contributed by atoms with Crippen LogP contribution in [0.2, 0.25) is 0 Å². The number of hydrogen-bond acceptors (Lipinski definition) is 1. The smallest absolute Gasteiger partial charge is 0.115 e. The molecule has 13 heavy (non-hydrogen) atoms. The molecule has 70 valence electrons. The first kappa shape index (κ1) is 9.85. The van der Waals surface area contributed by atoms with Gasteiger partial charge in [0.1, 0.15) is 5.75 Å². The first-order valence-corrected chi connectivity index (χ1v) is 4.57. The Labute approximate surface area is 79.7 Å². The van der Waals surface area contributed by atoms with Crippen molar-refractivity contribution in [3.8, 4) is 5.75 Å². The Morgan fingerprint density at radius 2 is 1.77 bits per heavy atom. The number of benzene rings is 1. The molecule has 0 spiro atoms. The van der Waals surface area contributed by atoms with E-state index < -0.39 is 0 Å². The van der Waals surface area contributed by atoms with Gasteiger partial charge in [0.05, 0.1) is 0 Å². The molecule has 1 heteroatoms. The first-order chi connectivity index (χ1) is 6.09. The number of aromatic hydroxyl groups is 1. The molecule has 0 fully saturated rings. The van der Waals surface area contributed by atoms with Crippen LogP contribution in [-0.4, -0.2) is 5.11 Å². The van der Waals surface area contributed by atoms with E-state index in [0.29, 0.717) is 11.7 Å². The predicted octanol–water partition coefficient (Wildman–Crippen LogP) is 3.45. The summed E-state index contributed by atoms with van der Waals surface area (Å²) in [5.41, 5.74) is 2.43. The monoisotopic (exact) mass is 176 g/mol. The quantitative estimate of drug-likeness (QED) is 0.731. The van der Waals surface area contributed by atoms with Crippen LogP contribution in [0.5, 0.6) is 5.75 Å². The summed E-state index contributed by atoms with van der Waals surface area (Å²) in [6.07, 6.45) is 2.21. The molecule has 0 unspecified atom stereocenters. The van der Waals surface area contributed by atoms with Crippen LogP contribution in [0, 0.1) is 5.92 Å². The third-order valence-corrected chi connectivity index (χ3v) is 1.91. The third-order valence-electron chi connectivity index (χ3n) is 1.91. The van der Waals surface area contributed by atoms with Gasteiger partial charge in [-0.05, 0) is 36.1 Å². The molecule has 0 radical (unpaired) electrons. The summed E-state index contributed by atoms with van der Waals surface area (Å²) in [5.74, 6) is 0.884. The molecule has 1 aromatic rings. The lowest BCUT2D eigenvalue weighted by atomic mass is 10.0. The SMILES string of the molecule is C/C(=C\C(C)C)c1ccc(O)cc1. The lowest BCUT2D eigenvalue weighted by molar-refractivity contribution is 0.475. The zero-order chi connectivity index (χ0) is 9.84. The van der Waals surface area contributed by atoms with Crippen LogP contribution in [-0.2, 0) is 0 Å². The van der Waals surface area contributed by atoms with Gasteiger partial charge in [0.15, 0.2) is 0 Å². The molecule has 0 saturated carbocycles. The maximum atomic E-state index is 9.10. The number of rotatable bonds is 2. The summed E-state index contributed by atoms with van der Waals surface area (Å²) in [5, 5.41) is 9.10. The average Bonchev–Trinajstić information content (AvgIpc) is 2.04. The Bertz CT molecular complexity index is 293. The molecule has 0 aliphatic carbocycles. The molecular weight excluding hydrogens is 160 g/mol.